The molecule has 8 heteroatoms. The van der Waals surface area contributed by atoms with Gasteiger partial charge in [0.2, 0.25) is 0 Å². The average molecular weight is 509 g/mol. The van der Waals surface area contributed by atoms with E-state index in [0.717, 1.165) is 42.5 Å². The maximum absolute atomic E-state index is 15.0. The van der Waals surface area contributed by atoms with Crippen LogP contribution in [0.15, 0.2) is 66.9 Å². The van der Waals surface area contributed by atoms with Crippen LogP contribution in [-0.2, 0) is 6.54 Å². The fourth-order valence-corrected chi connectivity index (χ4v) is 5.20. The summed E-state index contributed by atoms with van der Waals surface area (Å²) in [7, 11) is 0. The van der Waals surface area contributed by atoms with Crippen molar-refractivity contribution >= 4 is 27.9 Å². The Bertz CT molecular complexity index is 1610. The van der Waals surface area contributed by atoms with E-state index in [1.54, 1.807) is 29.1 Å². The van der Waals surface area contributed by atoms with Gasteiger partial charge in [0.1, 0.15) is 11.3 Å². The van der Waals surface area contributed by atoms with Gasteiger partial charge >= 0.3 is 0 Å². The summed E-state index contributed by atoms with van der Waals surface area (Å²) in [4.78, 5) is 24.2. The van der Waals surface area contributed by atoms with E-state index in [9.17, 15) is 4.79 Å². The molecule has 3 aromatic heterocycles. The van der Waals surface area contributed by atoms with E-state index in [1.807, 2.05) is 30.3 Å². The molecule has 0 bridgehead atoms. The van der Waals surface area contributed by atoms with Crippen molar-refractivity contribution in [3.63, 3.8) is 0 Å². The molecule has 192 valence electrons. The number of piperidine rings is 1. The van der Waals surface area contributed by atoms with Crippen molar-refractivity contribution in [2.75, 3.05) is 19.6 Å². The van der Waals surface area contributed by atoms with Crippen LogP contribution in [0.25, 0.3) is 33.3 Å². The lowest BCUT2D eigenvalue weighted by atomic mass is 10.0. The third kappa shape index (κ3) is 5.17. The summed E-state index contributed by atoms with van der Waals surface area (Å²) in [6.45, 7) is 3.59. The van der Waals surface area contributed by atoms with Gasteiger partial charge in [0.15, 0.2) is 11.4 Å². The predicted molar refractivity (Wildman–Crippen MR) is 145 cm³/mol. The van der Waals surface area contributed by atoms with Crippen molar-refractivity contribution in [2.45, 2.75) is 38.6 Å². The third-order valence-electron chi connectivity index (χ3n) is 7.25. The second-order valence-electron chi connectivity index (χ2n) is 9.94. The lowest BCUT2D eigenvalue weighted by molar-refractivity contribution is 0.0969. The fourth-order valence-electron chi connectivity index (χ4n) is 5.20. The molecular formula is C30H29FN6O. The summed E-state index contributed by atoms with van der Waals surface area (Å²) in [5.74, 6) is -0.661. The Kier molecular flexibility index (Phi) is 6.88. The molecular weight excluding hydrogens is 479 g/mol. The molecule has 1 aliphatic heterocycles. The number of rotatable bonds is 8. The van der Waals surface area contributed by atoms with Crippen molar-refractivity contribution in [1.82, 2.24) is 29.9 Å². The van der Waals surface area contributed by atoms with Crippen LogP contribution in [0.5, 0.6) is 0 Å². The maximum Gasteiger partial charge on any atom is 0.179 e. The molecule has 7 nitrogen and oxygen atoms in total. The van der Waals surface area contributed by atoms with Crippen molar-refractivity contribution in [3.05, 3.63) is 83.8 Å². The highest BCUT2D eigenvalue weighted by Crippen LogP contribution is 2.24. The number of aromatic nitrogens is 5. The molecule has 1 saturated heterocycles. The van der Waals surface area contributed by atoms with Crippen LogP contribution < -0.4 is 0 Å². The first-order valence-corrected chi connectivity index (χ1v) is 13.2. The van der Waals surface area contributed by atoms with Crippen molar-refractivity contribution in [2.24, 2.45) is 0 Å². The van der Waals surface area contributed by atoms with Gasteiger partial charge in [-0.15, -0.1) is 5.10 Å². The van der Waals surface area contributed by atoms with Gasteiger partial charge in [0.25, 0.3) is 0 Å². The molecule has 38 heavy (non-hydrogen) atoms. The van der Waals surface area contributed by atoms with Crippen LogP contribution in [0.3, 0.4) is 0 Å². The molecule has 0 N–H and O–H groups in total. The second-order valence-corrected chi connectivity index (χ2v) is 9.94. The number of benzene rings is 2. The number of carbonyl (C=O) groups is 1. The minimum absolute atomic E-state index is 0.144. The summed E-state index contributed by atoms with van der Waals surface area (Å²) in [6, 6.07) is 18.4. The van der Waals surface area contributed by atoms with E-state index in [1.165, 1.54) is 25.3 Å². The van der Waals surface area contributed by atoms with E-state index in [4.69, 9.17) is 4.98 Å². The zero-order valence-electron chi connectivity index (χ0n) is 21.2. The molecule has 4 heterocycles. The van der Waals surface area contributed by atoms with Crippen molar-refractivity contribution in [1.29, 1.82) is 0 Å². The quantitative estimate of drug-likeness (QED) is 0.251. The number of hydrogen-bond acceptors (Lipinski definition) is 6. The predicted octanol–water partition coefficient (Wildman–Crippen LogP) is 5.68. The van der Waals surface area contributed by atoms with Crippen LogP contribution in [0.4, 0.5) is 4.39 Å². The fraction of sp³-hybridized carbons (Fsp3) is 0.300. The third-order valence-corrected chi connectivity index (χ3v) is 7.25. The highest BCUT2D eigenvalue weighted by Gasteiger charge is 2.16. The molecule has 0 saturated carbocycles. The summed E-state index contributed by atoms with van der Waals surface area (Å²) >= 11 is 0. The van der Waals surface area contributed by atoms with Gasteiger partial charge in [-0.1, -0.05) is 29.8 Å². The highest BCUT2D eigenvalue weighted by atomic mass is 19.1. The summed E-state index contributed by atoms with van der Waals surface area (Å²) in [6.07, 6.45) is 6.62. The Hall–Kier alpha value is -4.04. The topological polar surface area (TPSA) is 76.8 Å². The maximum atomic E-state index is 15.0. The van der Waals surface area contributed by atoms with E-state index < -0.39 is 5.82 Å². The van der Waals surface area contributed by atoms with E-state index >= 15 is 4.39 Å². The van der Waals surface area contributed by atoms with E-state index in [2.05, 4.69) is 26.3 Å². The van der Waals surface area contributed by atoms with Crippen LogP contribution >= 0.6 is 0 Å². The molecule has 1 aliphatic rings. The van der Waals surface area contributed by atoms with Crippen LogP contribution in [0.2, 0.25) is 0 Å². The zero-order valence-corrected chi connectivity index (χ0v) is 21.2. The number of fused-ring (bicyclic) bond motifs is 2. The smallest absolute Gasteiger partial charge is 0.179 e. The van der Waals surface area contributed by atoms with Gasteiger partial charge in [0.05, 0.1) is 23.3 Å². The zero-order chi connectivity index (χ0) is 25.9. The molecule has 0 amide bonds. The molecule has 1 fully saturated rings. The number of nitrogens with zero attached hydrogens (tertiary/aromatic N) is 6. The SMILES string of the molecule is O=C(CCCN1CCCCC1)c1ccc(-c2ccc3nnn(Cc4ccc5ncccc5c4)c3n2)cc1F. The molecule has 0 atom stereocenters. The monoisotopic (exact) mass is 508 g/mol. The number of ketones is 1. The molecule has 0 radical (unpaired) electrons. The standard InChI is InChI=1S/C30H29FN6O/c31-25-19-23(9-10-24(25)29(38)7-5-17-36-15-2-1-3-16-36)27-12-13-28-30(33-27)37(35-34-28)20-21-8-11-26-22(18-21)6-4-14-32-26/h4,6,8-14,18-19H,1-3,5,7,15-17,20H2. The first kappa shape index (κ1) is 24.3. The summed E-state index contributed by atoms with van der Waals surface area (Å²) in [5.41, 5.74) is 4.63. The first-order valence-electron chi connectivity index (χ1n) is 13.2. The highest BCUT2D eigenvalue weighted by molar-refractivity contribution is 5.96. The second kappa shape index (κ2) is 10.8. The van der Waals surface area contributed by atoms with Crippen LogP contribution in [0.1, 0.15) is 48.0 Å². The normalized spacial score (nSPS) is 14.3. The minimum atomic E-state index is -0.510. The average Bonchev–Trinajstić information content (AvgIpc) is 3.35. The minimum Gasteiger partial charge on any atom is -0.303 e. The Morgan fingerprint density at radius 3 is 2.68 bits per heavy atom. The number of Topliss-reactive ketones (excluding diaryl/α,β-unsaturated/α-hetero) is 1. The Morgan fingerprint density at radius 1 is 0.947 bits per heavy atom. The molecule has 0 unspecified atom stereocenters. The Balaban J connectivity index is 1.18. The molecule has 6 rings (SSSR count). The Morgan fingerprint density at radius 2 is 1.82 bits per heavy atom. The molecule has 0 aliphatic carbocycles. The number of likely N-dealkylation sites (tertiary alicyclic amines) is 1. The number of pyridine rings is 2. The van der Waals surface area contributed by atoms with Gasteiger partial charge in [-0.25, -0.2) is 14.1 Å². The van der Waals surface area contributed by atoms with Gasteiger partial charge in [-0.3, -0.25) is 9.78 Å². The lowest BCUT2D eigenvalue weighted by Crippen LogP contribution is -2.30. The van der Waals surface area contributed by atoms with Crippen LogP contribution in [-0.4, -0.2) is 55.3 Å². The van der Waals surface area contributed by atoms with E-state index in [-0.39, 0.29) is 11.3 Å². The number of carbonyl (C=O) groups excluding carboxylic acids is 1. The molecule has 0 spiro atoms. The lowest BCUT2D eigenvalue weighted by Gasteiger charge is -2.26. The number of halogens is 1. The van der Waals surface area contributed by atoms with Gasteiger partial charge in [-0.2, -0.15) is 0 Å². The van der Waals surface area contributed by atoms with Crippen LogP contribution in [0, 0.1) is 5.82 Å². The van der Waals surface area contributed by atoms with Crippen molar-refractivity contribution in [3.8, 4) is 11.3 Å². The summed E-state index contributed by atoms with van der Waals surface area (Å²) in [5, 5.41) is 9.59. The number of hydrogen-bond donors (Lipinski definition) is 0. The van der Waals surface area contributed by atoms with Gasteiger partial charge in [-0.05, 0) is 86.9 Å². The first-order chi connectivity index (χ1) is 18.6. The van der Waals surface area contributed by atoms with Gasteiger partial charge in [0, 0.05) is 23.6 Å². The van der Waals surface area contributed by atoms with E-state index in [0.29, 0.717) is 35.4 Å². The molecule has 2 aromatic carbocycles. The summed E-state index contributed by atoms with van der Waals surface area (Å²) < 4.78 is 16.8. The van der Waals surface area contributed by atoms with Gasteiger partial charge < -0.3 is 4.90 Å². The molecule has 5 aromatic rings. The Labute approximate surface area is 220 Å². The van der Waals surface area contributed by atoms with Crippen molar-refractivity contribution < 1.29 is 9.18 Å². The largest absolute Gasteiger partial charge is 0.303 e.